The highest BCUT2D eigenvalue weighted by molar-refractivity contribution is 5.90. The van der Waals surface area contributed by atoms with Crippen LogP contribution < -0.4 is 11.5 Å². The number of hydrogen-bond donors (Lipinski definition) is 3. The lowest BCUT2D eigenvalue weighted by atomic mass is 10.1. The molecule has 0 saturated carbocycles. The maximum atomic E-state index is 12.7. The van der Waals surface area contributed by atoms with Gasteiger partial charge in [0.25, 0.3) is 0 Å². The number of rotatable bonds is 5. The van der Waals surface area contributed by atoms with E-state index in [1.54, 1.807) is 0 Å². The second kappa shape index (κ2) is 6.12. The van der Waals surface area contributed by atoms with E-state index in [0.717, 1.165) is 0 Å². The van der Waals surface area contributed by atoms with Crippen molar-refractivity contribution < 1.29 is 32.7 Å². The Hall–Kier alpha value is -2.10. The van der Waals surface area contributed by atoms with Gasteiger partial charge in [0.2, 0.25) is 11.8 Å². The summed E-state index contributed by atoms with van der Waals surface area (Å²) >= 11 is 0. The molecule has 1 aliphatic heterocycles. The zero-order valence-corrected chi connectivity index (χ0v) is 10.8. The van der Waals surface area contributed by atoms with E-state index in [9.17, 15) is 27.6 Å². The zero-order chi connectivity index (χ0) is 16.4. The van der Waals surface area contributed by atoms with Crippen LogP contribution in [0.25, 0.3) is 0 Å². The van der Waals surface area contributed by atoms with Crippen molar-refractivity contribution in [2.24, 2.45) is 11.5 Å². The van der Waals surface area contributed by atoms with E-state index in [1.165, 1.54) is 0 Å². The van der Waals surface area contributed by atoms with E-state index in [1.807, 2.05) is 0 Å². The molecule has 0 fully saturated rings. The molecular weight excluding hydrogens is 295 g/mol. The van der Waals surface area contributed by atoms with E-state index >= 15 is 0 Å². The van der Waals surface area contributed by atoms with Crippen molar-refractivity contribution in [2.45, 2.75) is 31.1 Å². The van der Waals surface area contributed by atoms with Crippen LogP contribution in [0.1, 0.15) is 12.8 Å². The normalized spacial score (nSPS) is 20.1. The summed E-state index contributed by atoms with van der Waals surface area (Å²) in [5.41, 5.74) is 9.03. The molecule has 2 atom stereocenters. The van der Waals surface area contributed by atoms with Crippen molar-refractivity contribution in [2.75, 3.05) is 6.54 Å². The summed E-state index contributed by atoms with van der Waals surface area (Å²) in [4.78, 5) is 34.1. The number of carboxylic acid groups (broad SMARTS) is 1. The first-order valence-electron chi connectivity index (χ1n) is 5.90. The lowest BCUT2D eigenvalue weighted by molar-refractivity contribution is -0.152. The minimum atomic E-state index is -4.85. The lowest BCUT2D eigenvalue weighted by Crippen LogP contribution is -2.51. The monoisotopic (exact) mass is 309 g/mol. The first-order valence-corrected chi connectivity index (χ1v) is 5.90. The van der Waals surface area contributed by atoms with Gasteiger partial charge in [-0.1, -0.05) is 6.08 Å². The second-order valence-electron chi connectivity index (χ2n) is 4.50. The predicted octanol–water partition coefficient (Wildman–Crippen LogP) is -0.637. The number of carboxylic acids is 1. The van der Waals surface area contributed by atoms with Gasteiger partial charge >= 0.3 is 12.1 Å². The number of carbonyl (C=O) groups excluding carboxylic acids is 2. The molecule has 2 amide bonds. The molecular formula is C11H14F3N3O4. The molecule has 0 spiro atoms. The Bertz CT molecular complexity index is 490. The van der Waals surface area contributed by atoms with Gasteiger partial charge in [-0.15, -0.1) is 0 Å². The summed E-state index contributed by atoms with van der Waals surface area (Å²) < 4.78 is 38.1. The van der Waals surface area contributed by atoms with Gasteiger partial charge in [-0.2, -0.15) is 13.2 Å². The number of halogens is 3. The highest BCUT2D eigenvalue weighted by Gasteiger charge is 2.49. The lowest BCUT2D eigenvalue weighted by Gasteiger charge is -2.27. The molecule has 1 rings (SSSR count). The van der Waals surface area contributed by atoms with Gasteiger partial charge < -0.3 is 21.5 Å². The van der Waals surface area contributed by atoms with Gasteiger partial charge in [0.1, 0.15) is 0 Å². The molecule has 7 nitrogen and oxygen atoms in total. The molecule has 118 valence electrons. The van der Waals surface area contributed by atoms with E-state index in [2.05, 4.69) is 0 Å². The number of aliphatic carboxylic acids is 1. The van der Waals surface area contributed by atoms with E-state index in [0.29, 0.717) is 11.0 Å². The largest absolute Gasteiger partial charge is 0.479 e. The summed E-state index contributed by atoms with van der Waals surface area (Å²) in [5.74, 6) is -3.49. The molecule has 0 aromatic rings. The molecule has 0 aliphatic carbocycles. The number of nitrogens with two attached hydrogens (primary N) is 2. The first kappa shape index (κ1) is 17.0. The quantitative estimate of drug-likeness (QED) is 0.582. The van der Waals surface area contributed by atoms with Gasteiger partial charge in [-0.05, 0) is 6.42 Å². The molecule has 0 saturated heterocycles. The van der Waals surface area contributed by atoms with Crippen molar-refractivity contribution in [3.63, 3.8) is 0 Å². The third-order valence-corrected chi connectivity index (χ3v) is 2.98. The van der Waals surface area contributed by atoms with Gasteiger partial charge in [-0.3, -0.25) is 9.59 Å². The Labute approximate surface area is 117 Å². The summed E-state index contributed by atoms with van der Waals surface area (Å²) in [7, 11) is 0. The van der Waals surface area contributed by atoms with Crippen molar-refractivity contribution >= 4 is 17.8 Å². The second-order valence-corrected chi connectivity index (χ2v) is 4.50. The summed E-state index contributed by atoms with van der Waals surface area (Å²) in [6.07, 6.45) is -4.61. The third kappa shape index (κ3) is 3.94. The molecule has 1 aliphatic rings. The summed E-state index contributed by atoms with van der Waals surface area (Å²) in [6.45, 7) is -0.505. The van der Waals surface area contributed by atoms with Gasteiger partial charge in [-0.25, -0.2) is 4.79 Å². The molecule has 0 radical (unpaired) electrons. The Kier molecular flexibility index (Phi) is 4.94. The highest BCUT2D eigenvalue weighted by atomic mass is 19.4. The van der Waals surface area contributed by atoms with Crippen LogP contribution in [-0.4, -0.2) is 52.6 Å². The standard InChI is InChI=1S/C11H14F3N3O4/c12-11(13,14)5-3-4-17(8(5)10(20)21)9(19)6(15)1-2-7(16)18/h3,6,8H,1-2,4,15H2,(H2,16,18)(H,20,21)/t6-,8?/m0/s1. The minimum Gasteiger partial charge on any atom is -0.479 e. The smallest absolute Gasteiger partial charge is 0.415 e. The molecule has 0 bridgehead atoms. The average Bonchev–Trinajstić information content (AvgIpc) is 2.79. The highest BCUT2D eigenvalue weighted by Crippen LogP contribution is 2.34. The number of nitrogens with zero attached hydrogens (tertiary/aromatic N) is 1. The Morgan fingerprint density at radius 2 is 2.00 bits per heavy atom. The number of primary amides is 1. The molecule has 5 N–H and O–H groups in total. The molecule has 1 heterocycles. The van der Waals surface area contributed by atoms with Gasteiger partial charge in [0, 0.05) is 13.0 Å². The van der Waals surface area contributed by atoms with Crippen LogP contribution in [0.4, 0.5) is 13.2 Å². The number of amides is 2. The molecule has 21 heavy (non-hydrogen) atoms. The van der Waals surface area contributed by atoms with Crippen LogP contribution in [0, 0.1) is 0 Å². The Balaban J connectivity index is 2.87. The van der Waals surface area contributed by atoms with Crippen LogP contribution in [0.15, 0.2) is 11.6 Å². The fraction of sp³-hybridized carbons (Fsp3) is 0.545. The van der Waals surface area contributed by atoms with Crippen molar-refractivity contribution in [1.82, 2.24) is 4.90 Å². The number of alkyl halides is 3. The van der Waals surface area contributed by atoms with Crippen LogP contribution in [0.2, 0.25) is 0 Å². The Morgan fingerprint density at radius 3 is 2.43 bits per heavy atom. The maximum Gasteiger partial charge on any atom is 0.415 e. The summed E-state index contributed by atoms with van der Waals surface area (Å²) in [5, 5.41) is 8.92. The maximum absolute atomic E-state index is 12.7. The molecule has 10 heteroatoms. The van der Waals surface area contributed by atoms with E-state index in [4.69, 9.17) is 16.6 Å². The van der Waals surface area contributed by atoms with Crippen LogP contribution in [0.3, 0.4) is 0 Å². The SMILES string of the molecule is NC(=O)CC[C@H](N)C(=O)N1CC=C(C(F)(F)F)C1C(=O)O. The molecule has 0 aromatic carbocycles. The van der Waals surface area contributed by atoms with Crippen LogP contribution in [-0.2, 0) is 14.4 Å². The molecule has 0 aromatic heterocycles. The number of hydrogen-bond acceptors (Lipinski definition) is 4. The van der Waals surface area contributed by atoms with Gasteiger partial charge in [0.05, 0.1) is 11.6 Å². The fourth-order valence-electron chi connectivity index (χ4n) is 1.97. The van der Waals surface area contributed by atoms with Crippen molar-refractivity contribution in [1.29, 1.82) is 0 Å². The van der Waals surface area contributed by atoms with Crippen molar-refractivity contribution in [3.05, 3.63) is 11.6 Å². The van der Waals surface area contributed by atoms with Crippen LogP contribution in [0.5, 0.6) is 0 Å². The number of carbonyl (C=O) groups is 3. The Morgan fingerprint density at radius 1 is 1.43 bits per heavy atom. The summed E-state index contributed by atoms with van der Waals surface area (Å²) in [6, 6.07) is -3.42. The zero-order valence-electron chi connectivity index (χ0n) is 10.8. The fourth-order valence-corrected chi connectivity index (χ4v) is 1.97. The van der Waals surface area contributed by atoms with Gasteiger partial charge in [0.15, 0.2) is 6.04 Å². The van der Waals surface area contributed by atoms with Crippen LogP contribution >= 0.6 is 0 Å². The minimum absolute atomic E-state index is 0.168. The molecule has 1 unspecified atom stereocenters. The topological polar surface area (TPSA) is 127 Å². The van der Waals surface area contributed by atoms with Crippen molar-refractivity contribution in [3.8, 4) is 0 Å². The van der Waals surface area contributed by atoms with E-state index in [-0.39, 0.29) is 12.8 Å². The average molecular weight is 309 g/mol. The predicted molar refractivity (Wildman–Crippen MR) is 63.7 cm³/mol. The first-order chi connectivity index (χ1) is 9.55. The van der Waals surface area contributed by atoms with E-state index < -0.39 is 48.2 Å². The third-order valence-electron chi connectivity index (χ3n) is 2.98.